The van der Waals surface area contributed by atoms with Gasteiger partial charge in [-0.05, 0) is 30.2 Å². The van der Waals surface area contributed by atoms with Crippen molar-refractivity contribution in [2.24, 2.45) is 10.9 Å². The molecule has 0 saturated heterocycles. The van der Waals surface area contributed by atoms with Crippen molar-refractivity contribution in [1.29, 1.82) is 0 Å². The molecule has 3 rings (SSSR count). The van der Waals surface area contributed by atoms with E-state index in [9.17, 15) is 0 Å². The maximum atomic E-state index is 4.57. The summed E-state index contributed by atoms with van der Waals surface area (Å²) in [5.74, 6) is 0.661. The molecule has 2 heterocycles. The van der Waals surface area contributed by atoms with Crippen LogP contribution < -0.4 is 5.32 Å². The largest absolute Gasteiger partial charge is 0.335 e. The normalized spacial score (nSPS) is 18.9. The highest BCUT2D eigenvalue weighted by molar-refractivity contribution is 8.15. The zero-order valence-electron chi connectivity index (χ0n) is 11.1. The first-order valence-corrected chi connectivity index (χ1v) is 7.43. The Morgan fingerprint density at radius 1 is 1.32 bits per heavy atom. The van der Waals surface area contributed by atoms with Crippen LogP contribution in [0.3, 0.4) is 0 Å². The summed E-state index contributed by atoms with van der Waals surface area (Å²) in [6, 6.07) is 10.3. The second-order valence-corrected chi connectivity index (χ2v) is 6.31. The van der Waals surface area contributed by atoms with E-state index in [1.807, 2.05) is 30.1 Å². The Kier molecular flexibility index (Phi) is 3.42. The molecule has 4 heteroatoms. The van der Waals surface area contributed by atoms with Crippen LogP contribution in [0.2, 0.25) is 0 Å². The van der Waals surface area contributed by atoms with E-state index in [0.29, 0.717) is 11.2 Å². The fraction of sp³-hybridized carbons (Fsp3) is 0.333. The van der Waals surface area contributed by atoms with Crippen molar-refractivity contribution in [2.75, 3.05) is 11.9 Å². The molecule has 0 spiro atoms. The molecule has 1 N–H and O–H groups in total. The van der Waals surface area contributed by atoms with Crippen molar-refractivity contribution in [3.05, 3.63) is 36.5 Å². The molecule has 0 aliphatic carbocycles. The highest BCUT2D eigenvalue weighted by Crippen LogP contribution is 2.28. The predicted octanol–water partition coefficient (Wildman–Crippen LogP) is 3.77. The summed E-state index contributed by atoms with van der Waals surface area (Å²) in [7, 11) is 0. The number of rotatable bonds is 2. The Morgan fingerprint density at radius 3 is 3.00 bits per heavy atom. The third-order valence-corrected chi connectivity index (χ3v) is 4.73. The van der Waals surface area contributed by atoms with Gasteiger partial charge in [0.25, 0.3) is 0 Å². The number of amidine groups is 1. The van der Waals surface area contributed by atoms with Gasteiger partial charge in [0.05, 0.1) is 12.1 Å². The lowest BCUT2D eigenvalue weighted by Crippen LogP contribution is -2.13. The number of thioether (sulfide) groups is 1. The van der Waals surface area contributed by atoms with Gasteiger partial charge in [-0.1, -0.05) is 31.7 Å². The molecule has 19 heavy (non-hydrogen) atoms. The van der Waals surface area contributed by atoms with Crippen molar-refractivity contribution < 1.29 is 0 Å². The fourth-order valence-corrected chi connectivity index (χ4v) is 3.12. The van der Waals surface area contributed by atoms with Crippen molar-refractivity contribution in [3.63, 3.8) is 0 Å². The molecular weight excluding hydrogens is 254 g/mol. The molecule has 0 bridgehead atoms. The molecule has 0 fully saturated rings. The number of fused-ring (bicyclic) bond motifs is 1. The first kappa shape index (κ1) is 12.5. The Bertz CT molecular complexity index is 622. The summed E-state index contributed by atoms with van der Waals surface area (Å²) in [4.78, 5) is 8.89. The first-order chi connectivity index (χ1) is 9.22. The molecule has 0 radical (unpaired) electrons. The molecule has 0 amide bonds. The monoisotopic (exact) mass is 271 g/mol. The summed E-state index contributed by atoms with van der Waals surface area (Å²) in [6.45, 7) is 5.41. The summed E-state index contributed by atoms with van der Waals surface area (Å²) < 4.78 is 0. The smallest absolute Gasteiger partial charge is 0.161 e. The lowest BCUT2D eigenvalue weighted by Gasteiger charge is -2.12. The first-order valence-electron chi connectivity index (χ1n) is 6.55. The van der Waals surface area contributed by atoms with Gasteiger partial charge in [0, 0.05) is 22.5 Å². The van der Waals surface area contributed by atoms with Crippen LogP contribution in [-0.2, 0) is 0 Å². The van der Waals surface area contributed by atoms with Gasteiger partial charge in [0.15, 0.2) is 5.17 Å². The zero-order chi connectivity index (χ0) is 13.2. The Hall–Kier alpha value is -1.55. The van der Waals surface area contributed by atoms with Crippen molar-refractivity contribution >= 4 is 33.5 Å². The van der Waals surface area contributed by atoms with E-state index in [1.165, 1.54) is 0 Å². The van der Waals surface area contributed by atoms with Gasteiger partial charge in [-0.2, -0.15) is 0 Å². The maximum Gasteiger partial charge on any atom is 0.161 e. The van der Waals surface area contributed by atoms with Crippen molar-refractivity contribution in [2.45, 2.75) is 19.1 Å². The minimum absolute atomic E-state index is 0.602. The van der Waals surface area contributed by atoms with Gasteiger partial charge in [0.2, 0.25) is 0 Å². The van der Waals surface area contributed by atoms with Crippen LogP contribution in [0.25, 0.3) is 10.9 Å². The molecule has 3 nitrogen and oxygen atoms in total. The van der Waals surface area contributed by atoms with Gasteiger partial charge < -0.3 is 5.32 Å². The molecule has 1 aliphatic rings. The minimum atomic E-state index is 0.602. The standard InChI is InChI=1S/C15H17N3S/c1-10(2)14-9-17-15(19-14)18-12-5-6-13-11(8-12)4-3-7-16-13/h3-8,10,14H,9H2,1-2H3,(H,17,18). The van der Waals surface area contributed by atoms with Crippen molar-refractivity contribution in [1.82, 2.24) is 4.98 Å². The Balaban J connectivity index is 1.76. The topological polar surface area (TPSA) is 37.3 Å². The van der Waals surface area contributed by atoms with E-state index in [2.05, 4.69) is 47.3 Å². The van der Waals surface area contributed by atoms with Gasteiger partial charge in [-0.3, -0.25) is 9.98 Å². The fourth-order valence-electron chi connectivity index (χ4n) is 2.08. The van der Waals surface area contributed by atoms with Gasteiger partial charge >= 0.3 is 0 Å². The molecule has 2 aromatic rings. The lowest BCUT2D eigenvalue weighted by molar-refractivity contribution is 0.621. The molecular formula is C15H17N3S. The molecule has 0 saturated carbocycles. The average Bonchev–Trinajstić information content (AvgIpc) is 2.87. The van der Waals surface area contributed by atoms with E-state index in [4.69, 9.17) is 0 Å². The van der Waals surface area contributed by atoms with E-state index in [1.54, 1.807) is 0 Å². The van der Waals surface area contributed by atoms with Crippen LogP contribution in [-0.4, -0.2) is 21.9 Å². The summed E-state index contributed by atoms with van der Waals surface area (Å²) in [6.07, 6.45) is 1.82. The van der Waals surface area contributed by atoms with Crippen LogP contribution >= 0.6 is 11.8 Å². The number of anilines is 1. The highest BCUT2D eigenvalue weighted by atomic mass is 32.2. The number of nitrogens with zero attached hydrogens (tertiary/aromatic N) is 2. The number of aliphatic imine (C=N–C) groups is 1. The van der Waals surface area contributed by atoms with Gasteiger partial charge in [-0.15, -0.1) is 0 Å². The zero-order valence-corrected chi connectivity index (χ0v) is 11.9. The van der Waals surface area contributed by atoms with Crippen LogP contribution in [0.5, 0.6) is 0 Å². The van der Waals surface area contributed by atoms with Crippen LogP contribution in [0, 0.1) is 5.92 Å². The second-order valence-electron chi connectivity index (χ2n) is 5.08. The molecule has 1 aromatic carbocycles. The number of benzene rings is 1. The van der Waals surface area contributed by atoms with Gasteiger partial charge in [-0.25, -0.2) is 0 Å². The number of nitrogens with one attached hydrogen (secondary N) is 1. The molecule has 1 aromatic heterocycles. The Labute approximate surface area is 117 Å². The molecule has 1 atom stereocenters. The maximum absolute atomic E-state index is 4.57. The Morgan fingerprint density at radius 2 is 2.21 bits per heavy atom. The van der Waals surface area contributed by atoms with Crippen LogP contribution in [0.4, 0.5) is 5.69 Å². The summed E-state index contributed by atoms with van der Waals surface area (Å²) in [5.41, 5.74) is 2.10. The van der Waals surface area contributed by atoms with Crippen LogP contribution in [0.1, 0.15) is 13.8 Å². The predicted molar refractivity (Wildman–Crippen MR) is 83.9 cm³/mol. The third kappa shape index (κ3) is 2.73. The molecule has 98 valence electrons. The van der Waals surface area contributed by atoms with E-state index in [-0.39, 0.29) is 0 Å². The van der Waals surface area contributed by atoms with E-state index < -0.39 is 0 Å². The lowest BCUT2D eigenvalue weighted by atomic mass is 10.1. The number of pyridine rings is 1. The van der Waals surface area contributed by atoms with Crippen LogP contribution in [0.15, 0.2) is 41.5 Å². The quantitative estimate of drug-likeness (QED) is 0.903. The third-order valence-electron chi connectivity index (χ3n) is 3.28. The highest BCUT2D eigenvalue weighted by Gasteiger charge is 2.22. The number of hydrogen-bond donors (Lipinski definition) is 1. The minimum Gasteiger partial charge on any atom is -0.335 e. The number of aromatic nitrogens is 1. The molecule has 1 unspecified atom stereocenters. The van der Waals surface area contributed by atoms with E-state index >= 15 is 0 Å². The molecule has 1 aliphatic heterocycles. The summed E-state index contributed by atoms with van der Waals surface area (Å²) in [5, 5.41) is 6.18. The summed E-state index contributed by atoms with van der Waals surface area (Å²) >= 11 is 1.84. The van der Waals surface area contributed by atoms with Gasteiger partial charge in [0.1, 0.15) is 0 Å². The second kappa shape index (κ2) is 5.21. The average molecular weight is 271 g/mol. The van der Waals surface area contributed by atoms with E-state index in [0.717, 1.165) is 28.3 Å². The van der Waals surface area contributed by atoms with Crippen molar-refractivity contribution in [3.8, 4) is 0 Å². The number of hydrogen-bond acceptors (Lipinski definition) is 4. The SMILES string of the molecule is CC(C)C1CN=C(Nc2ccc3ncccc3c2)S1.